The first-order valence-corrected chi connectivity index (χ1v) is 6.33. The molecule has 21 heavy (non-hydrogen) atoms. The summed E-state index contributed by atoms with van der Waals surface area (Å²) < 4.78 is 5.53. The molecule has 0 fully saturated rings. The summed E-state index contributed by atoms with van der Waals surface area (Å²) in [6, 6.07) is 9.08. The van der Waals surface area contributed by atoms with Crippen molar-refractivity contribution in [1.82, 2.24) is 0 Å². The summed E-state index contributed by atoms with van der Waals surface area (Å²) in [5, 5.41) is 18.7. The average molecular weight is 306 g/mol. The Labute approximate surface area is 125 Å². The van der Waals surface area contributed by atoms with Gasteiger partial charge in [-0.2, -0.15) is 0 Å². The van der Waals surface area contributed by atoms with Crippen LogP contribution < -0.4 is 10.5 Å². The number of aryl methyl sites for hydroxylation is 1. The van der Waals surface area contributed by atoms with Gasteiger partial charge >= 0.3 is 5.69 Å². The number of nitrogens with two attached hydrogens (primary N) is 1. The second kappa shape index (κ2) is 5.80. The fourth-order valence-electron chi connectivity index (χ4n) is 1.85. The van der Waals surface area contributed by atoms with E-state index in [2.05, 4.69) is 0 Å². The molecule has 2 aromatic rings. The number of hydrogen-bond donors (Lipinski definition) is 2. The zero-order valence-electron chi connectivity index (χ0n) is 11.1. The highest BCUT2D eigenvalue weighted by Gasteiger charge is 2.16. The van der Waals surface area contributed by atoms with Gasteiger partial charge in [0.1, 0.15) is 11.6 Å². The van der Waals surface area contributed by atoms with Gasteiger partial charge in [-0.05, 0) is 42.8 Å². The van der Waals surface area contributed by atoms with Crippen molar-refractivity contribution in [2.75, 3.05) is 0 Å². The van der Waals surface area contributed by atoms with Crippen LogP contribution in [-0.4, -0.2) is 10.8 Å². The van der Waals surface area contributed by atoms with Crippen LogP contribution in [0, 0.1) is 22.4 Å². The fraction of sp³-hybridized carbons (Fsp3) is 0.0714. The van der Waals surface area contributed by atoms with E-state index in [4.69, 9.17) is 27.5 Å². The zero-order valence-corrected chi connectivity index (χ0v) is 11.8. The molecule has 0 radical (unpaired) electrons. The molecule has 7 heteroatoms. The second-order valence-electron chi connectivity index (χ2n) is 4.36. The molecule has 0 spiro atoms. The maximum atomic E-state index is 11.0. The molecule has 2 rings (SSSR count). The Morgan fingerprint density at radius 1 is 1.33 bits per heavy atom. The maximum Gasteiger partial charge on any atom is 0.313 e. The summed E-state index contributed by atoms with van der Waals surface area (Å²) in [6.45, 7) is 1.78. The molecular formula is C14H12ClN3O3. The van der Waals surface area contributed by atoms with E-state index in [1.54, 1.807) is 25.1 Å². The monoisotopic (exact) mass is 305 g/mol. The van der Waals surface area contributed by atoms with Gasteiger partial charge in [0.2, 0.25) is 5.75 Å². The van der Waals surface area contributed by atoms with E-state index >= 15 is 0 Å². The Morgan fingerprint density at radius 2 is 2.05 bits per heavy atom. The summed E-state index contributed by atoms with van der Waals surface area (Å²) in [7, 11) is 0. The third kappa shape index (κ3) is 3.29. The highest BCUT2D eigenvalue weighted by Crippen LogP contribution is 2.34. The number of nitrogens with zero attached hydrogens (tertiary/aromatic N) is 1. The molecule has 0 bridgehead atoms. The second-order valence-corrected chi connectivity index (χ2v) is 4.80. The molecule has 6 nitrogen and oxygen atoms in total. The smallest absolute Gasteiger partial charge is 0.313 e. The van der Waals surface area contributed by atoms with Crippen LogP contribution in [0.2, 0.25) is 5.02 Å². The van der Waals surface area contributed by atoms with Crippen molar-refractivity contribution in [1.29, 1.82) is 5.41 Å². The maximum absolute atomic E-state index is 11.0. The Kier molecular flexibility index (Phi) is 4.09. The number of nitro benzene ring substituents is 1. The predicted octanol–water partition coefficient (Wildman–Crippen LogP) is 3.63. The van der Waals surface area contributed by atoms with Crippen molar-refractivity contribution in [3.8, 4) is 11.5 Å². The molecule has 0 heterocycles. The first kappa shape index (κ1) is 14.8. The quantitative estimate of drug-likeness (QED) is 0.389. The predicted molar refractivity (Wildman–Crippen MR) is 80.4 cm³/mol. The van der Waals surface area contributed by atoms with E-state index in [0.29, 0.717) is 11.3 Å². The molecule has 0 aromatic heterocycles. The Balaban J connectivity index is 2.37. The van der Waals surface area contributed by atoms with Gasteiger partial charge in [0.05, 0.1) is 4.92 Å². The molecule has 0 atom stereocenters. The third-order valence-electron chi connectivity index (χ3n) is 2.83. The lowest BCUT2D eigenvalue weighted by atomic mass is 10.1. The van der Waals surface area contributed by atoms with Crippen molar-refractivity contribution >= 4 is 23.1 Å². The number of ether oxygens (including phenoxy) is 1. The summed E-state index contributed by atoms with van der Waals surface area (Å²) in [5.74, 6) is 0.471. The molecule has 108 valence electrons. The Bertz CT molecular complexity index is 731. The number of hydrogen-bond acceptors (Lipinski definition) is 4. The molecule has 0 saturated carbocycles. The van der Waals surface area contributed by atoms with Crippen LogP contribution in [0.25, 0.3) is 0 Å². The minimum absolute atomic E-state index is 0.0449. The highest BCUT2D eigenvalue weighted by atomic mass is 35.5. The van der Waals surface area contributed by atoms with E-state index in [0.717, 1.165) is 5.56 Å². The van der Waals surface area contributed by atoms with Crippen molar-refractivity contribution in [2.24, 2.45) is 5.73 Å². The van der Waals surface area contributed by atoms with Crippen molar-refractivity contribution in [3.05, 3.63) is 62.7 Å². The number of amidine groups is 1. The molecule has 0 aliphatic heterocycles. The minimum atomic E-state index is -0.558. The number of nitro groups is 1. The van der Waals surface area contributed by atoms with Crippen molar-refractivity contribution < 1.29 is 9.66 Å². The van der Waals surface area contributed by atoms with Crippen molar-refractivity contribution in [2.45, 2.75) is 6.92 Å². The fourth-order valence-corrected chi connectivity index (χ4v) is 2.01. The number of nitrogen functional groups attached to an aromatic ring is 1. The SMILES string of the molecule is Cc1cc(Oc2ccc(Cl)cc2[N+](=O)[O-])ccc1C(=N)N. The van der Waals surface area contributed by atoms with E-state index < -0.39 is 4.92 Å². The highest BCUT2D eigenvalue weighted by molar-refractivity contribution is 6.30. The molecule has 0 aliphatic rings. The Hall–Kier alpha value is -2.60. The van der Waals surface area contributed by atoms with Crippen LogP contribution in [0.5, 0.6) is 11.5 Å². The van der Waals surface area contributed by atoms with Crippen LogP contribution in [0.1, 0.15) is 11.1 Å². The third-order valence-corrected chi connectivity index (χ3v) is 3.07. The van der Waals surface area contributed by atoms with Crippen LogP contribution in [0.4, 0.5) is 5.69 Å². The van der Waals surface area contributed by atoms with E-state index in [1.807, 2.05) is 0 Å². The molecule has 0 aliphatic carbocycles. The summed E-state index contributed by atoms with van der Waals surface area (Å²) in [5.41, 5.74) is 6.56. The topological polar surface area (TPSA) is 102 Å². The molecule has 0 amide bonds. The largest absolute Gasteiger partial charge is 0.450 e. The van der Waals surface area contributed by atoms with Crippen LogP contribution in [-0.2, 0) is 0 Å². The number of benzene rings is 2. The van der Waals surface area contributed by atoms with Crippen molar-refractivity contribution in [3.63, 3.8) is 0 Å². The molecular weight excluding hydrogens is 294 g/mol. The van der Waals surface area contributed by atoms with Crippen LogP contribution >= 0.6 is 11.6 Å². The van der Waals surface area contributed by atoms with Gasteiger partial charge in [0.25, 0.3) is 0 Å². The Morgan fingerprint density at radius 3 is 2.62 bits per heavy atom. The minimum Gasteiger partial charge on any atom is -0.450 e. The van der Waals surface area contributed by atoms with Gasteiger partial charge < -0.3 is 10.5 Å². The van der Waals surface area contributed by atoms with Gasteiger partial charge in [-0.1, -0.05) is 11.6 Å². The van der Waals surface area contributed by atoms with E-state index in [-0.39, 0.29) is 22.3 Å². The standard InChI is InChI=1S/C14H12ClN3O3/c1-8-6-10(3-4-11(8)14(16)17)21-13-5-2-9(15)7-12(13)18(19)20/h2-7H,1H3,(H3,16,17). The molecule has 0 saturated heterocycles. The van der Waals surface area contributed by atoms with Gasteiger partial charge in [-0.15, -0.1) is 0 Å². The first-order valence-electron chi connectivity index (χ1n) is 5.95. The lowest BCUT2D eigenvalue weighted by Crippen LogP contribution is -2.12. The van der Waals surface area contributed by atoms with Gasteiger partial charge in [0, 0.05) is 16.7 Å². The zero-order chi connectivity index (χ0) is 15.6. The number of nitrogens with one attached hydrogen (secondary N) is 1. The normalized spacial score (nSPS) is 10.2. The van der Waals surface area contributed by atoms with Gasteiger partial charge in [-0.25, -0.2) is 0 Å². The average Bonchev–Trinajstić information content (AvgIpc) is 2.40. The van der Waals surface area contributed by atoms with E-state index in [9.17, 15) is 10.1 Å². The molecule has 0 unspecified atom stereocenters. The number of halogens is 1. The van der Waals surface area contributed by atoms with Crippen LogP contribution in [0.15, 0.2) is 36.4 Å². The lowest BCUT2D eigenvalue weighted by molar-refractivity contribution is -0.385. The summed E-state index contributed by atoms with van der Waals surface area (Å²) in [6.07, 6.45) is 0. The first-order chi connectivity index (χ1) is 9.88. The molecule has 3 N–H and O–H groups in total. The summed E-state index contributed by atoms with van der Waals surface area (Å²) in [4.78, 5) is 10.4. The number of rotatable bonds is 4. The molecule has 2 aromatic carbocycles. The summed E-state index contributed by atoms with van der Waals surface area (Å²) >= 11 is 5.75. The lowest BCUT2D eigenvalue weighted by Gasteiger charge is -2.09. The van der Waals surface area contributed by atoms with E-state index in [1.165, 1.54) is 18.2 Å². The van der Waals surface area contributed by atoms with Gasteiger partial charge in [-0.3, -0.25) is 15.5 Å². The van der Waals surface area contributed by atoms with Crippen LogP contribution in [0.3, 0.4) is 0 Å². The van der Waals surface area contributed by atoms with Gasteiger partial charge in [0.15, 0.2) is 0 Å².